The van der Waals surface area contributed by atoms with E-state index >= 15 is 0 Å². The monoisotopic (exact) mass is 340 g/mol. The summed E-state index contributed by atoms with van der Waals surface area (Å²) < 4.78 is 4.77. The molecule has 0 bridgehead atoms. The first kappa shape index (κ1) is 16.9. The maximum atomic E-state index is 12.8. The van der Waals surface area contributed by atoms with Gasteiger partial charge in [-0.1, -0.05) is 12.1 Å². The van der Waals surface area contributed by atoms with Crippen LogP contribution >= 0.6 is 0 Å². The third-order valence-electron chi connectivity index (χ3n) is 4.24. The molecule has 25 heavy (non-hydrogen) atoms. The van der Waals surface area contributed by atoms with E-state index in [1.54, 1.807) is 29.2 Å². The van der Waals surface area contributed by atoms with Crippen LogP contribution in [-0.2, 0) is 4.74 Å². The Balaban J connectivity index is 1.70. The standard InChI is InChI=1S/C18H20N4O3/c1-13-7-8-16(20-19-13)21-9-11-22(12-10-21)17(23)14-5-3-4-6-15(14)18(24)25-2/h3-8H,9-12H2,1-2H3. The highest BCUT2D eigenvalue weighted by molar-refractivity contribution is 6.05. The molecule has 7 heteroatoms. The van der Waals surface area contributed by atoms with Gasteiger partial charge in [0.05, 0.1) is 23.9 Å². The fourth-order valence-corrected chi connectivity index (χ4v) is 2.83. The van der Waals surface area contributed by atoms with E-state index in [-0.39, 0.29) is 5.91 Å². The number of anilines is 1. The number of esters is 1. The van der Waals surface area contributed by atoms with Crippen LogP contribution in [0.4, 0.5) is 5.82 Å². The number of aryl methyl sites for hydroxylation is 1. The Morgan fingerprint density at radius 3 is 2.24 bits per heavy atom. The Hall–Kier alpha value is -2.96. The summed E-state index contributed by atoms with van der Waals surface area (Å²) in [5.74, 6) is 0.154. The maximum Gasteiger partial charge on any atom is 0.338 e. The quantitative estimate of drug-likeness (QED) is 0.789. The van der Waals surface area contributed by atoms with Gasteiger partial charge in [0.1, 0.15) is 0 Å². The van der Waals surface area contributed by atoms with Crippen molar-refractivity contribution in [2.24, 2.45) is 0 Å². The third-order valence-corrected chi connectivity index (χ3v) is 4.24. The first-order chi connectivity index (χ1) is 12.1. The lowest BCUT2D eigenvalue weighted by atomic mass is 10.1. The molecule has 0 atom stereocenters. The van der Waals surface area contributed by atoms with Crippen molar-refractivity contribution in [1.82, 2.24) is 15.1 Å². The number of piperazine rings is 1. The molecule has 2 aromatic rings. The molecule has 0 radical (unpaired) electrons. The zero-order chi connectivity index (χ0) is 17.8. The number of carbonyl (C=O) groups excluding carboxylic acids is 2. The number of amides is 1. The van der Waals surface area contributed by atoms with Gasteiger partial charge in [-0.15, -0.1) is 5.10 Å². The van der Waals surface area contributed by atoms with E-state index in [2.05, 4.69) is 15.1 Å². The molecule has 1 amide bonds. The van der Waals surface area contributed by atoms with E-state index in [0.29, 0.717) is 37.3 Å². The van der Waals surface area contributed by atoms with Crippen LogP contribution in [-0.4, -0.2) is 60.3 Å². The molecular weight excluding hydrogens is 320 g/mol. The summed E-state index contributed by atoms with van der Waals surface area (Å²) in [4.78, 5) is 28.5. The van der Waals surface area contributed by atoms with Crippen LogP contribution in [0.2, 0.25) is 0 Å². The van der Waals surface area contributed by atoms with Crippen molar-refractivity contribution in [2.75, 3.05) is 38.2 Å². The molecule has 1 aliphatic heterocycles. The second-order valence-electron chi connectivity index (χ2n) is 5.85. The Morgan fingerprint density at radius 2 is 1.64 bits per heavy atom. The maximum absolute atomic E-state index is 12.8. The Morgan fingerprint density at radius 1 is 0.960 bits per heavy atom. The van der Waals surface area contributed by atoms with E-state index in [1.165, 1.54) is 7.11 Å². The molecule has 0 spiro atoms. The van der Waals surface area contributed by atoms with Gasteiger partial charge in [-0.05, 0) is 31.2 Å². The molecule has 3 rings (SSSR count). The van der Waals surface area contributed by atoms with Gasteiger partial charge < -0.3 is 14.5 Å². The summed E-state index contributed by atoms with van der Waals surface area (Å²) >= 11 is 0. The van der Waals surface area contributed by atoms with Gasteiger partial charge in [-0.3, -0.25) is 4.79 Å². The molecule has 7 nitrogen and oxygen atoms in total. The topological polar surface area (TPSA) is 75.6 Å². The van der Waals surface area contributed by atoms with Crippen molar-refractivity contribution in [3.8, 4) is 0 Å². The molecule has 1 aliphatic rings. The number of nitrogens with zero attached hydrogens (tertiary/aromatic N) is 4. The van der Waals surface area contributed by atoms with E-state index in [1.807, 2.05) is 19.1 Å². The summed E-state index contributed by atoms with van der Waals surface area (Å²) in [6, 6.07) is 10.6. The summed E-state index contributed by atoms with van der Waals surface area (Å²) in [5, 5.41) is 8.26. The molecule has 0 aliphatic carbocycles. The molecule has 1 fully saturated rings. The van der Waals surface area contributed by atoms with Crippen molar-refractivity contribution in [2.45, 2.75) is 6.92 Å². The molecule has 130 valence electrons. The minimum atomic E-state index is -0.502. The van der Waals surface area contributed by atoms with Crippen LogP contribution in [0.1, 0.15) is 26.4 Å². The van der Waals surface area contributed by atoms with Crippen molar-refractivity contribution in [3.05, 3.63) is 53.2 Å². The molecule has 1 saturated heterocycles. The highest BCUT2D eigenvalue weighted by Crippen LogP contribution is 2.17. The average Bonchev–Trinajstić information content (AvgIpc) is 2.67. The lowest BCUT2D eigenvalue weighted by Crippen LogP contribution is -2.49. The van der Waals surface area contributed by atoms with Gasteiger partial charge >= 0.3 is 5.97 Å². The van der Waals surface area contributed by atoms with Crippen molar-refractivity contribution in [3.63, 3.8) is 0 Å². The number of benzene rings is 1. The first-order valence-corrected chi connectivity index (χ1v) is 8.12. The third kappa shape index (κ3) is 3.60. The smallest absolute Gasteiger partial charge is 0.338 e. The van der Waals surface area contributed by atoms with Gasteiger partial charge in [0.2, 0.25) is 0 Å². The van der Waals surface area contributed by atoms with Crippen LogP contribution in [0.15, 0.2) is 36.4 Å². The zero-order valence-electron chi connectivity index (χ0n) is 14.3. The summed E-state index contributed by atoms with van der Waals surface area (Å²) in [7, 11) is 1.31. The Labute approximate surface area is 146 Å². The minimum Gasteiger partial charge on any atom is -0.465 e. The lowest BCUT2D eigenvalue weighted by molar-refractivity contribution is 0.0589. The van der Waals surface area contributed by atoms with Gasteiger partial charge in [0, 0.05) is 26.2 Å². The molecular formula is C18H20N4O3. The number of hydrogen-bond donors (Lipinski definition) is 0. The van der Waals surface area contributed by atoms with E-state index < -0.39 is 5.97 Å². The lowest BCUT2D eigenvalue weighted by Gasteiger charge is -2.35. The molecule has 1 aromatic carbocycles. The number of ether oxygens (including phenoxy) is 1. The summed E-state index contributed by atoms with van der Waals surface area (Å²) in [6.07, 6.45) is 0. The number of hydrogen-bond acceptors (Lipinski definition) is 6. The second-order valence-corrected chi connectivity index (χ2v) is 5.85. The average molecular weight is 340 g/mol. The minimum absolute atomic E-state index is 0.157. The second kappa shape index (κ2) is 7.29. The Kier molecular flexibility index (Phi) is 4.92. The highest BCUT2D eigenvalue weighted by Gasteiger charge is 2.26. The summed E-state index contributed by atoms with van der Waals surface area (Å²) in [5.41, 5.74) is 1.54. The molecule has 0 N–H and O–H groups in total. The van der Waals surface area contributed by atoms with Gasteiger partial charge in [0.25, 0.3) is 5.91 Å². The number of methoxy groups -OCH3 is 1. The van der Waals surface area contributed by atoms with Crippen LogP contribution in [0.3, 0.4) is 0 Å². The SMILES string of the molecule is COC(=O)c1ccccc1C(=O)N1CCN(c2ccc(C)nn2)CC1. The van der Waals surface area contributed by atoms with Crippen LogP contribution < -0.4 is 4.90 Å². The van der Waals surface area contributed by atoms with Gasteiger partial charge in [-0.25, -0.2) is 4.79 Å². The normalized spacial score (nSPS) is 14.3. The number of rotatable bonds is 3. The largest absolute Gasteiger partial charge is 0.465 e. The van der Waals surface area contributed by atoms with Crippen molar-refractivity contribution in [1.29, 1.82) is 0 Å². The first-order valence-electron chi connectivity index (χ1n) is 8.12. The Bertz CT molecular complexity index is 768. The van der Waals surface area contributed by atoms with Crippen molar-refractivity contribution >= 4 is 17.7 Å². The number of carbonyl (C=O) groups is 2. The fourth-order valence-electron chi connectivity index (χ4n) is 2.83. The fraction of sp³-hybridized carbons (Fsp3) is 0.333. The molecule has 2 heterocycles. The zero-order valence-corrected chi connectivity index (χ0v) is 14.3. The predicted molar refractivity (Wildman–Crippen MR) is 92.7 cm³/mol. The van der Waals surface area contributed by atoms with E-state index in [9.17, 15) is 9.59 Å². The molecule has 0 saturated carbocycles. The van der Waals surface area contributed by atoms with Gasteiger partial charge in [-0.2, -0.15) is 5.10 Å². The van der Waals surface area contributed by atoms with Crippen LogP contribution in [0.5, 0.6) is 0 Å². The van der Waals surface area contributed by atoms with Crippen molar-refractivity contribution < 1.29 is 14.3 Å². The molecule has 0 unspecified atom stereocenters. The number of aromatic nitrogens is 2. The van der Waals surface area contributed by atoms with E-state index in [4.69, 9.17) is 4.74 Å². The van der Waals surface area contributed by atoms with Gasteiger partial charge in [0.15, 0.2) is 5.82 Å². The molecule has 1 aromatic heterocycles. The van der Waals surface area contributed by atoms with Crippen LogP contribution in [0.25, 0.3) is 0 Å². The van der Waals surface area contributed by atoms with E-state index in [0.717, 1.165) is 11.5 Å². The highest BCUT2D eigenvalue weighted by atomic mass is 16.5. The predicted octanol–water partition coefficient (Wildman–Crippen LogP) is 1.53. The van der Waals surface area contributed by atoms with Crippen LogP contribution in [0, 0.1) is 6.92 Å². The summed E-state index contributed by atoms with van der Waals surface area (Å²) in [6.45, 7) is 4.35.